The summed E-state index contributed by atoms with van der Waals surface area (Å²) < 4.78 is 6.52. The van der Waals surface area contributed by atoms with Crippen molar-refractivity contribution >= 4 is 22.6 Å². The van der Waals surface area contributed by atoms with Crippen molar-refractivity contribution in [3.63, 3.8) is 0 Å². The van der Waals surface area contributed by atoms with Crippen LogP contribution in [0.4, 0.5) is 0 Å². The Morgan fingerprint density at radius 2 is 2.07 bits per heavy atom. The van der Waals surface area contributed by atoms with Crippen LogP contribution >= 0.6 is 22.6 Å². The van der Waals surface area contributed by atoms with E-state index in [2.05, 4.69) is 35.6 Å². The molecule has 2 N–H and O–H groups in total. The second-order valence-corrected chi connectivity index (χ2v) is 4.55. The minimum atomic E-state index is -0.174. The van der Waals surface area contributed by atoms with E-state index in [1.165, 1.54) is 9.13 Å². The van der Waals surface area contributed by atoms with Crippen LogP contribution in [0.3, 0.4) is 0 Å². The van der Waals surface area contributed by atoms with Gasteiger partial charge in [-0.15, -0.1) is 0 Å². The van der Waals surface area contributed by atoms with Crippen molar-refractivity contribution in [3.8, 4) is 0 Å². The smallest absolute Gasteiger partial charge is 0.125 e. The van der Waals surface area contributed by atoms with Crippen molar-refractivity contribution in [1.29, 1.82) is 0 Å². The van der Waals surface area contributed by atoms with Gasteiger partial charge in [-0.1, -0.05) is 18.2 Å². The molecule has 2 rings (SSSR count). The first-order chi connectivity index (χ1) is 7.20. The summed E-state index contributed by atoms with van der Waals surface area (Å²) in [6.45, 7) is 2.08. The minimum Gasteiger partial charge on any atom is -0.467 e. The zero-order valence-corrected chi connectivity index (χ0v) is 10.6. The first kappa shape index (κ1) is 10.7. The molecule has 0 aliphatic rings. The molecule has 0 amide bonds. The van der Waals surface area contributed by atoms with E-state index in [0.29, 0.717) is 0 Å². The van der Waals surface area contributed by atoms with Crippen LogP contribution in [0.15, 0.2) is 41.0 Å². The summed E-state index contributed by atoms with van der Waals surface area (Å²) in [4.78, 5) is 0. The summed E-state index contributed by atoms with van der Waals surface area (Å²) in [5.41, 5.74) is 8.49. The van der Waals surface area contributed by atoms with Gasteiger partial charge in [0.1, 0.15) is 5.76 Å². The van der Waals surface area contributed by atoms with Crippen molar-refractivity contribution in [2.24, 2.45) is 5.73 Å². The lowest BCUT2D eigenvalue weighted by Gasteiger charge is -2.12. The van der Waals surface area contributed by atoms with Gasteiger partial charge in [-0.05, 0) is 52.8 Å². The Bertz CT molecular complexity index is 451. The summed E-state index contributed by atoms with van der Waals surface area (Å²) in [7, 11) is 0. The summed E-state index contributed by atoms with van der Waals surface area (Å²) in [5.74, 6) is 0.804. The number of nitrogens with two attached hydrogens (primary N) is 1. The molecule has 0 spiro atoms. The van der Waals surface area contributed by atoms with Crippen LogP contribution in [0.25, 0.3) is 0 Å². The second-order valence-electron chi connectivity index (χ2n) is 3.47. The molecule has 0 saturated carbocycles. The van der Waals surface area contributed by atoms with Gasteiger partial charge in [-0.25, -0.2) is 0 Å². The van der Waals surface area contributed by atoms with Gasteiger partial charge in [0.2, 0.25) is 0 Å². The van der Waals surface area contributed by atoms with Crippen LogP contribution in [-0.4, -0.2) is 0 Å². The number of rotatable bonds is 2. The Morgan fingerprint density at radius 3 is 2.73 bits per heavy atom. The van der Waals surface area contributed by atoms with Crippen LogP contribution in [0, 0.1) is 10.5 Å². The van der Waals surface area contributed by atoms with Crippen LogP contribution in [0.2, 0.25) is 0 Å². The normalized spacial score (nSPS) is 12.7. The lowest BCUT2D eigenvalue weighted by molar-refractivity contribution is 0.489. The third kappa shape index (κ3) is 2.08. The summed E-state index contributed by atoms with van der Waals surface area (Å²) in [6.07, 6.45) is 1.65. The molecule has 0 bridgehead atoms. The Hall–Kier alpha value is -0.810. The highest BCUT2D eigenvalue weighted by Crippen LogP contribution is 2.26. The predicted molar refractivity (Wildman–Crippen MR) is 68.6 cm³/mol. The van der Waals surface area contributed by atoms with Crippen LogP contribution in [0.1, 0.15) is 22.9 Å². The lowest BCUT2D eigenvalue weighted by atomic mass is 10.0. The Kier molecular flexibility index (Phi) is 3.11. The van der Waals surface area contributed by atoms with Gasteiger partial charge in [0.25, 0.3) is 0 Å². The maximum Gasteiger partial charge on any atom is 0.125 e. The van der Waals surface area contributed by atoms with Gasteiger partial charge in [-0.2, -0.15) is 0 Å². The maximum absolute atomic E-state index is 6.13. The van der Waals surface area contributed by atoms with Crippen LogP contribution < -0.4 is 5.73 Å². The van der Waals surface area contributed by atoms with E-state index in [0.717, 1.165) is 11.3 Å². The molecule has 1 unspecified atom stereocenters. The minimum absolute atomic E-state index is 0.174. The molecule has 2 nitrogen and oxygen atoms in total. The highest BCUT2D eigenvalue weighted by molar-refractivity contribution is 14.1. The molecule has 0 aliphatic carbocycles. The average molecular weight is 313 g/mol. The third-order valence-electron chi connectivity index (χ3n) is 2.41. The van der Waals surface area contributed by atoms with E-state index in [1.807, 2.05) is 24.3 Å². The topological polar surface area (TPSA) is 39.2 Å². The van der Waals surface area contributed by atoms with E-state index < -0.39 is 0 Å². The van der Waals surface area contributed by atoms with Gasteiger partial charge in [0, 0.05) is 3.57 Å². The standard InChI is InChI=1S/C12H12INO/c1-8-4-2-5-9(11(8)13)12(14)10-6-3-7-15-10/h2-7,12H,14H2,1H3. The second kappa shape index (κ2) is 4.37. The maximum atomic E-state index is 6.13. The molecule has 0 fully saturated rings. The monoisotopic (exact) mass is 313 g/mol. The SMILES string of the molecule is Cc1cccc(C(N)c2ccco2)c1I. The van der Waals surface area contributed by atoms with Crippen LogP contribution in [-0.2, 0) is 0 Å². The number of aryl methyl sites for hydroxylation is 1. The zero-order chi connectivity index (χ0) is 10.8. The Balaban J connectivity index is 2.42. The van der Waals surface area contributed by atoms with Crippen molar-refractivity contribution in [1.82, 2.24) is 0 Å². The Labute approximate surface area is 103 Å². The van der Waals surface area contributed by atoms with Crippen LogP contribution in [0.5, 0.6) is 0 Å². The zero-order valence-electron chi connectivity index (χ0n) is 8.41. The molecule has 3 heteroatoms. The predicted octanol–water partition coefficient (Wildman–Crippen LogP) is 3.24. The van der Waals surface area contributed by atoms with Gasteiger partial charge in [-0.3, -0.25) is 0 Å². The fraction of sp³-hybridized carbons (Fsp3) is 0.167. The highest BCUT2D eigenvalue weighted by atomic mass is 127. The van der Waals surface area contributed by atoms with E-state index >= 15 is 0 Å². The summed E-state index contributed by atoms with van der Waals surface area (Å²) in [6, 6.07) is 9.74. The first-order valence-corrected chi connectivity index (χ1v) is 5.82. The van der Waals surface area contributed by atoms with Crippen molar-refractivity contribution < 1.29 is 4.42 Å². The average Bonchev–Trinajstić information content (AvgIpc) is 2.74. The summed E-state index contributed by atoms with van der Waals surface area (Å²) >= 11 is 2.32. The fourth-order valence-electron chi connectivity index (χ4n) is 1.53. The number of hydrogen-bond acceptors (Lipinski definition) is 2. The molecule has 0 saturated heterocycles. The Morgan fingerprint density at radius 1 is 1.27 bits per heavy atom. The van der Waals surface area contributed by atoms with Gasteiger partial charge >= 0.3 is 0 Å². The van der Waals surface area contributed by atoms with E-state index in [9.17, 15) is 0 Å². The van der Waals surface area contributed by atoms with Crippen molar-refractivity contribution in [3.05, 3.63) is 57.1 Å². The molecule has 2 aromatic rings. The molecular formula is C12H12INO. The van der Waals surface area contributed by atoms with Gasteiger partial charge in [0.15, 0.2) is 0 Å². The highest BCUT2D eigenvalue weighted by Gasteiger charge is 2.14. The first-order valence-electron chi connectivity index (χ1n) is 4.74. The number of furan rings is 1. The molecule has 0 radical (unpaired) electrons. The van der Waals surface area contributed by atoms with Gasteiger partial charge in [0.05, 0.1) is 12.3 Å². The van der Waals surface area contributed by atoms with Crippen molar-refractivity contribution in [2.75, 3.05) is 0 Å². The fourth-order valence-corrected chi connectivity index (χ4v) is 2.23. The lowest BCUT2D eigenvalue weighted by Crippen LogP contribution is -2.12. The molecule has 1 atom stereocenters. The largest absolute Gasteiger partial charge is 0.467 e. The van der Waals surface area contributed by atoms with E-state index in [-0.39, 0.29) is 6.04 Å². The van der Waals surface area contributed by atoms with E-state index in [4.69, 9.17) is 10.2 Å². The molecule has 15 heavy (non-hydrogen) atoms. The molecule has 0 aliphatic heterocycles. The number of hydrogen-bond donors (Lipinski definition) is 1. The van der Waals surface area contributed by atoms with Gasteiger partial charge < -0.3 is 10.2 Å². The number of benzene rings is 1. The number of halogens is 1. The molecular weight excluding hydrogens is 301 g/mol. The molecule has 1 aromatic carbocycles. The summed E-state index contributed by atoms with van der Waals surface area (Å²) in [5, 5.41) is 0. The van der Waals surface area contributed by atoms with Crippen molar-refractivity contribution in [2.45, 2.75) is 13.0 Å². The molecule has 78 valence electrons. The quantitative estimate of drug-likeness (QED) is 0.865. The third-order valence-corrected chi connectivity index (χ3v) is 3.88. The van der Waals surface area contributed by atoms with E-state index in [1.54, 1.807) is 6.26 Å². The molecule has 1 aromatic heterocycles. The molecule has 1 heterocycles.